The van der Waals surface area contributed by atoms with Crippen LogP contribution in [0.4, 0.5) is 0 Å². The third-order valence-corrected chi connectivity index (χ3v) is 4.08. The van der Waals surface area contributed by atoms with Gasteiger partial charge in [-0.25, -0.2) is 0 Å². The number of hydrogen-bond donors (Lipinski definition) is 1. The van der Waals surface area contributed by atoms with Gasteiger partial charge in [0, 0.05) is 13.1 Å². The van der Waals surface area contributed by atoms with Crippen molar-refractivity contribution < 1.29 is 9.90 Å². The molecule has 0 radical (unpaired) electrons. The monoisotopic (exact) mass is 267 g/mol. The van der Waals surface area contributed by atoms with Crippen molar-refractivity contribution in [3.05, 3.63) is 0 Å². The first-order chi connectivity index (χ1) is 7.03. The van der Waals surface area contributed by atoms with Gasteiger partial charge in [-0.1, -0.05) is 0 Å². The van der Waals surface area contributed by atoms with E-state index in [0.717, 1.165) is 0 Å². The lowest BCUT2D eigenvalue weighted by atomic mass is 10.1. The molecule has 1 aliphatic rings. The van der Waals surface area contributed by atoms with Crippen molar-refractivity contribution in [3.8, 4) is 0 Å². The van der Waals surface area contributed by atoms with Crippen molar-refractivity contribution in [2.75, 3.05) is 13.1 Å². The molecule has 5 heteroatoms. The molecule has 94 valence electrons. The number of alkyl halides is 2. The van der Waals surface area contributed by atoms with Crippen LogP contribution >= 0.6 is 23.2 Å². The SMILES string of the molecule is CCN(CC(C)(C)O)C(=O)C1(C)CC1(Cl)Cl. The Balaban J connectivity index is 2.73. The zero-order chi connectivity index (χ0) is 12.8. The van der Waals surface area contributed by atoms with E-state index < -0.39 is 15.3 Å². The second-order valence-electron chi connectivity index (χ2n) is 5.35. The van der Waals surface area contributed by atoms with Gasteiger partial charge < -0.3 is 10.0 Å². The van der Waals surface area contributed by atoms with Crippen LogP contribution in [0, 0.1) is 5.41 Å². The maximum absolute atomic E-state index is 12.2. The second kappa shape index (κ2) is 4.04. The molecule has 0 aromatic carbocycles. The lowest BCUT2D eigenvalue weighted by molar-refractivity contribution is -0.139. The maximum atomic E-state index is 12.2. The minimum atomic E-state index is -0.947. The van der Waals surface area contributed by atoms with Crippen LogP contribution in [-0.4, -0.2) is 38.9 Å². The van der Waals surface area contributed by atoms with Crippen molar-refractivity contribution >= 4 is 29.1 Å². The van der Waals surface area contributed by atoms with Gasteiger partial charge in [-0.15, -0.1) is 23.2 Å². The van der Waals surface area contributed by atoms with E-state index in [1.165, 1.54) is 0 Å². The van der Waals surface area contributed by atoms with E-state index in [-0.39, 0.29) is 5.91 Å². The Bertz CT molecular complexity index is 299. The summed E-state index contributed by atoms with van der Waals surface area (Å²) >= 11 is 11.9. The zero-order valence-corrected chi connectivity index (χ0v) is 11.7. The molecule has 0 saturated heterocycles. The number of aliphatic hydroxyl groups is 1. The molecule has 1 atom stereocenters. The van der Waals surface area contributed by atoms with Crippen LogP contribution in [0.5, 0.6) is 0 Å². The van der Waals surface area contributed by atoms with Gasteiger partial charge in [0.05, 0.1) is 11.0 Å². The fourth-order valence-electron chi connectivity index (χ4n) is 1.78. The van der Waals surface area contributed by atoms with E-state index in [1.54, 1.807) is 25.7 Å². The molecule has 0 spiro atoms. The normalized spacial score (nSPS) is 27.7. The van der Waals surface area contributed by atoms with Gasteiger partial charge in [0.2, 0.25) is 5.91 Å². The number of rotatable bonds is 4. The van der Waals surface area contributed by atoms with E-state index in [4.69, 9.17) is 23.2 Å². The highest BCUT2D eigenvalue weighted by molar-refractivity contribution is 6.53. The largest absolute Gasteiger partial charge is 0.389 e. The Labute approximate surface area is 107 Å². The van der Waals surface area contributed by atoms with Crippen molar-refractivity contribution in [3.63, 3.8) is 0 Å². The van der Waals surface area contributed by atoms with Gasteiger partial charge in [-0.2, -0.15) is 0 Å². The van der Waals surface area contributed by atoms with E-state index in [2.05, 4.69) is 0 Å². The predicted octanol–water partition coefficient (Wildman–Crippen LogP) is 2.19. The minimum absolute atomic E-state index is 0.0814. The summed E-state index contributed by atoms with van der Waals surface area (Å²) in [5, 5.41) is 9.72. The van der Waals surface area contributed by atoms with Gasteiger partial charge in [0.25, 0.3) is 0 Å². The van der Waals surface area contributed by atoms with Crippen LogP contribution < -0.4 is 0 Å². The molecule has 0 aromatic rings. The molecule has 1 fully saturated rings. The molecule has 1 N–H and O–H groups in total. The average Bonchev–Trinajstić information content (AvgIpc) is 2.60. The first-order valence-corrected chi connectivity index (χ1v) is 6.19. The number of amides is 1. The topological polar surface area (TPSA) is 40.5 Å². The predicted molar refractivity (Wildman–Crippen MR) is 65.7 cm³/mol. The molecule has 1 unspecified atom stereocenters. The van der Waals surface area contributed by atoms with Gasteiger partial charge in [-0.3, -0.25) is 4.79 Å². The Kier molecular flexibility index (Phi) is 3.55. The third kappa shape index (κ3) is 2.63. The molecular weight excluding hydrogens is 249 g/mol. The van der Waals surface area contributed by atoms with Crippen LogP contribution in [-0.2, 0) is 4.79 Å². The van der Waals surface area contributed by atoms with Gasteiger partial charge in [0.1, 0.15) is 4.33 Å². The smallest absolute Gasteiger partial charge is 0.231 e. The minimum Gasteiger partial charge on any atom is -0.389 e. The number of carbonyl (C=O) groups is 1. The van der Waals surface area contributed by atoms with Crippen molar-refractivity contribution in [2.45, 2.75) is 44.1 Å². The lowest BCUT2D eigenvalue weighted by Gasteiger charge is -2.30. The summed E-state index contributed by atoms with van der Waals surface area (Å²) in [4.78, 5) is 13.8. The summed E-state index contributed by atoms with van der Waals surface area (Å²) in [5.41, 5.74) is -1.60. The highest BCUT2D eigenvalue weighted by Crippen LogP contribution is 2.64. The molecule has 0 bridgehead atoms. The molecule has 16 heavy (non-hydrogen) atoms. The molecule has 1 rings (SSSR count). The summed E-state index contributed by atoms with van der Waals surface area (Å²) in [6, 6.07) is 0. The number of halogens is 2. The fourth-order valence-corrected chi connectivity index (χ4v) is 2.47. The van der Waals surface area contributed by atoms with Crippen LogP contribution in [0.3, 0.4) is 0 Å². The summed E-state index contributed by atoms with van der Waals surface area (Å²) in [6.45, 7) is 7.82. The first-order valence-electron chi connectivity index (χ1n) is 5.43. The molecule has 1 amide bonds. The molecular formula is C11H19Cl2NO2. The number of carbonyl (C=O) groups excluding carboxylic acids is 1. The molecule has 1 saturated carbocycles. The molecule has 0 heterocycles. The van der Waals surface area contributed by atoms with Crippen LogP contribution in [0.25, 0.3) is 0 Å². The highest BCUT2D eigenvalue weighted by atomic mass is 35.5. The van der Waals surface area contributed by atoms with Crippen molar-refractivity contribution in [2.24, 2.45) is 5.41 Å². The Hall–Kier alpha value is 0.01000. The van der Waals surface area contributed by atoms with Crippen molar-refractivity contribution in [1.82, 2.24) is 4.90 Å². The molecule has 1 aliphatic carbocycles. The lowest BCUT2D eigenvalue weighted by Crippen LogP contribution is -2.45. The molecule has 0 aliphatic heterocycles. The Morgan fingerprint density at radius 2 is 1.94 bits per heavy atom. The van der Waals surface area contributed by atoms with E-state index in [0.29, 0.717) is 19.5 Å². The van der Waals surface area contributed by atoms with E-state index >= 15 is 0 Å². The summed E-state index contributed by atoms with van der Waals surface area (Å²) in [6.07, 6.45) is 0.476. The van der Waals surface area contributed by atoms with Crippen LogP contribution in [0.1, 0.15) is 34.1 Å². The standard InChI is InChI=1S/C11H19Cl2NO2/c1-5-14(7-9(2,3)16)8(15)10(4)6-11(10,12)13/h16H,5-7H2,1-4H3. The Morgan fingerprint density at radius 3 is 2.19 bits per heavy atom. The number of hydrogen-bond acceptors (Lipinski definition) is 2. The van der Waals surface area contributed by atoms with Gasteiger partial charge >= 0.3 is 0 Å². The van der Waals surface area contributed by atoms with E-state index in [9.17, 15) is 9.90 Å². The van der Waals surface area contributed by atoms with Crippen LogP contribution in [0.2, 0.25) is 0 Å². The van der Waals surface area contributed by atoms with E-state index in [1.807, 2.05) is 6.92 Å². The fraction of sp³-hybridized carbons (Fsp3) is 0.909. The maximum Gasteiger partial charge on any atom is 0.231 e. The second-order valence-corrected chi connectivity index (χ2v) is 6.83. The molecule has 3 nitrogen and oxygen atoms in total. The zero-order valence-electron chi connectivity index (χ0n) is 10.2. The van der Waals surface area contributed by atoms with Crippen LogP contribution in [0.15, 0.2) is 0 Å². The number of likely N-dealkylation sites (N-methyl/N-ethyl adjacent to an activating group) is 1. The highest BCUT2D eigenvalue weighted by Gasteiger charge is 2.68. The quantitative estimate of drug-likeness (QED) is 0.794. The summed E-state index contributed by atoms with van der Waals surface area (Å²) in [7, 11) is 0. The van der Waals surface area contributed by atoms with Gasteiger partial charge in [0.15, 0.2) is 0 Å². The number of nitrogens with zero attached hydrogens (tertiary/aromatic N) is 1. The Morgan fingerprint density at radius 1 is 1.50 bits per heavy atom. The third-order valence-electron chi connectivity index (χ3n) is 2.98. The molecule has 0 aromatic heterocycles. The first kappa shape index (κ1) is 14.1. The summed E-state index contributed by atoms with van der Waals surface area (Å²) in [5.74, 6) is -0.0814. The van der Waals surface area contributed by atoms with Gasteiger partial charge in [-0.05, 0) is 34.1 Å². The summed E-state index contributed by atoms with van der Waals surface area (Å²) < 4.78 is -0.947. The average molecular weight is 268 g/mol. The van der Waals surface area contributed by atoms with Crippen molar-refractivity contribution in [1.29, 1.82) is 0 Å².